The Morgan fingerprint density at radius 3 is 2.28 bits per heavy atom. The van der Waals surface area contributed by atoms with Crippen LogP contribution >= 0.6 is 0 Å². The molecular formula is C15H29NaO8S. The first-order valence-corrected chi connectivity index (χ1v) is 9.76. The second-order valence-electron chi connectivity index (χ2n) is 5.63. The van der Waals surface area contributed by atoms with Crippen molar-refractivity contribution in [2.24, 2.45) is 5.92 Å². The number of ether oxygens (including phenoxy) is 2. The van der Waals surface area contributed by atoms with Crippen molar-refractivity contribution in [3.63, 3.8) is 0 Å². The number of esters is 2. The zero-order valence-corrected chi connectivity index (χ0v) is 15.1. The van der Waals surface area contributed by atoms with Crippen LogP contribution in [-0.2, 0) is 29.2 Å². The van der Waals surface area contributed by atoms with Gasteiger partial charge >= 0.3 is 41.5 Å². The Bertz CT molecular complexity index is 480. The Hall–Kier alpha value is -0.190. The van der Waals surface area contributed by atoms with E-state index in [1.54, 1.807) is 0 Å². The van der Waals surface area contributed by atoms with Crippen LogP contribution < -0.4 is 0 Å². The molecule has 0 saturated carbocycles. The first-order chi connectivity index (χ1) is 11.2. The Morgan fingerprint density at radius 1 is 1.12 bits per heavy atom. The summed E-state index contributed by atoms with van der Waals surface area (Å²) in [7, 11) is -4.11. The molecule has 10 heteroatoms. The molecule has 0 aromatic rings. The van der Waals surface area contributed by atoms with Gasteiger partial charge in [0.25, 0.3) is 10.1 Å². The number of rotatable bonds is 13. The third-order valence-corrected chi connectivity index (χ3v) is 4.25. The molecule has 0 spiro atoms. The molecule has 0 fully saturated rings. The summed E-state index contributed by atoms with van der Waals surface area (Å²) in [6.45, 7) is 4.06. The number of unbranched alkanes of at least 4 members (excludes halogenated alkanes) is 1. The van der Waals surface area contributed by atoms with Crippen LogP contribution in [0.3, 0.4) is 0 Å². The predicted octanol–water partition coefficient (Wildman–Crippen LogP) is 0.670. The van der Waals surface area contributed by atoms with Crippen LogP contribution in [0.2, 0.25) is 0 Å². The molecule has 0 saturated heterocycles. The van der Waals surface area contributed by atoms with Gasteiger partial charge in [-0.1, -0.05) is 33.1 Å². The second-order valence-corrected chi connectivity index (χ2v) is 7.20. The molecule has 0 rings (SSSR count). The zero-order chi connectivity index (χ0) is 18.6. The van der Waals surface area contributed by atoms with E-state index in [0.717, 1.165) is 25.7 Å². The third kappa shape index (κ3) is 15.8. The normalized spacial score (nSPS) is 13.4. The van der Waals surface area contributed by atoms with Gasteiger partial charge in [0.15, 0.2) is 6.10 Å². The van der Waals surface area contributed by atoms with Crippen LogP contribution in [0.5, 0.6) is 0 Å². The van der Waals surface area contributed by atoms with Crippen molar-refractivity contribution in [3.05, 3.63) is 0 Å². The first kappa shape index (κ1) is 27.0. The van der Waals surface area contributed by atoms with E-state index in [1.807, 2.05) is 6.92 Å². The number of aliphatic hydroxyl groups is 1. The summed E-state index contributed by atoms with van der Waals surface area (Å²) >= 11 is 0. The van der Waals surface area contributed by atoms with Gasteiger partial charge in [0.2, 0.25) is 0 Å². The van der Waals surface area contributed by atoms with Crippen molar-refractivity contribution in [1.29, 1.82) is 0 Å². The maximum atomic E-state index is 11.6. The van der Waals surface area contributed by atoms with Crippen molar-refractivity contribution >= 4 is 51.6 Å². The minimum absolute atomic E-state index is 0. The van der Waals surface area contributed by atoms with Crippen molar-refractivity contribution in [2.75, 3.05) is 19.0 Å². The summed E-state index contributed by atoms with van der Waals surface area (Å²) in [5, 5.41) is 9.57. The summed E-state index contributed by atoms with van der Waals surface area (Å²) in [5.74, 6) is -2.00. The van der Waals surface area contributed by atoms with Gasteiger partial charge in [0.05, 0.1) is 25.4 Å². The van der Waals surface area contributed by atoms with Crippen LogP contribution in [0.25, 0.3) is 0 Å². The molecule has 0 heterocycles. The van der Waals surface area contributed by atoms with E-state index in [0.29, 0.717) is 0 Å². The molecule has 0 aromatic carbocycles. The Labute approximate surface area is 171 Å². The second kappa shape index (κ2) is 14.9. The van der Waals surface area contributed by atoms with E-state index in [2.05, 4.69) is 11.7 Å². The molecule has 0 radical (unpaired) electrons. The fourth-order valence-electron chi connectivity index (χ4n) is 1.92. The molecule has 0 amide bonds. The van der Waals surface area contributed by atoms with Gasteiger partial charge in [-0.15, -0.1) is 0 Å². The third-order valence-electron chi connectivity index (χ3n) is 3.45. The predicted molar refractivity (Wildman–Crippen MR) is 94.0 cm³/mol. The molecule has 2 atom stereocenters. The van der Waals surface area contributed by atoms with Gasteiger partial charge in [0.1, 0.15) is 0 Å². The maximum absolute atomic E-state index is 11.6. The molecule has 0 bridgehead atoms. The summed E-state index contributed by atoms with van der Waals surface area (Å²) in [5.41, 5.74) is 0. The first-order valence-electron chi connectivity index (χ1n) is 8.15. The van der Waals surface area contributed by atoms with Gasteiger partial charge in [-0.2, -0.15) is 8.42 Å². The number of hydrogen-bond donors (Lipinski definition) is 2. The average Bonchev–Trinajstić information content (AvgIpc) is 2.50. The quantitative estimate of drug-likeness (QED) is 0.203. The number of carbonyl (C=O) groups is 2. The fourth-order valence-corrected chi connectivity index (χ4v) is 2.40. The van der Waals surface area contributed by atoms with Crippen molar-refractivity contribution in [1.82, 2.24) is 0 Å². The summed E-state index contributed by atoms with van der Waals surface area (Å²) in [6.07, 6.45) is 1.68. The topological polar surface area (TPSA) is 127 Å². The van der Waals surface area contributed by atoms with Gasteiger partial charge in [-0.3, -0.25) is 9.35 Å². The van der Waals surface area contributed by atoms with Crippen LogP contribution in [0.1, 0.15) is 52.4 Å². The van der Waals surface area contributed by atoms with E-state index >= 15 is 0 Å². The fraction of sp³-hybridized carbons (Fsp3) is 0.867. The monoisotopic (exact) mass is 392 g/mol. The molecule has 0 aliphatic carbocycles. The minimum atomic E-state index is -4.11. The van der Waals surface area contributed by atoms with Gasteiger partial charge in [-0.05, 0) is 18.8 Å². The standard InChI is InChI=1S/C15H28O8S.Na.H/c1-3-5-7-12(4-2)11-23-14(17)10-13(16)15(18)22-8-6-9-24(19,20)21;;/h12-13,16H,3-11H2,1-2H3,(H,19,20,21);;. The summed E-state index contributed by atoms with van der Waals surface area (Å²) in [6, 6.07) is 0. The molecule has 2 N–H and O–H groups in total. The zero-order valence-electron chi connectivity index (χ0n) is 14.3. The SMILES string of the molecule is CCCCC(CC)COC(=O)CC(O)C(=O)OCCCS(=O)(=O)O.[NaH]. The van der Waals surface area contributed by atoms with E-state index in [9.17, 15) is 23.1 Å². The van der Waals surface area contributed by atoms with Gasteiger partial charge in [0, 0.05) is 0 Å². The average molecular weight is 392 g/mol. The molecule has 2 unspecified atom stereocenters. The van der Waals surface area contributed by atoms with Gasteiger partial charge < -0.3 is 14.6 Å². The molecule has 8 nitrogen and oxygen atoms in total. The van der Waals surface area contributed by atoms with Crippen LogP contribution in [0.4, 0.5) is 0 Å². The van der Waals surface area contributed by atoms with Crippen molar-refractivity contribution < 1.29 is 37.1 Å². The Morgan fingerprint density at radius 2 is 1.76 bits per heavy atom. The molecule has 0 aromatic heterocycles. The Balaban J connectivity index is 0. The molecule has 0 aliphatic rings. The van der Waals surface area contributed by atoms with E-state index in [4.69, 9.17) is 9.29 Å². The van der Waals surface area contributed by atoms with E-state index < -0.39 is 40.3 Å². The van der Waals surface area contributed by atoms with Crippen LogP contribution in [0.15, 0.2) is 0 Å². The summed E-state index contributed by atoms with van der Waals surface area (Å²) < 4.78 is 39.2. The van der Waals surface area contributed by atoms with E-state index in [-0.39, 0.29) is 55.1 Å². The number of carbonyl (C=O) groups excluding carboxylic acids is 2. The van der Waals surface area contributed by atoms with Crippen LogP contribution in [0, 0.1) is 5.92 Å². The molecular weight excluding hydrogens is 363 g/mol. The number of hydrogen-bond acceptors (Lipinski definition) is 7. The molecule has 25 heavy (non-hydrogen) atoms. The van der Waals surface area contributed by atoms with E-state index in [1.165, 1.54) is 0 Å². The van der Waals surface area contributed by atoms with Crippen LogP contribution in [-0.4, -0.2) is 84.6 Å². The molecule has 144 valence electrons. The van der Waals surface area contributed by atoms with Crippen molar-refractivity contribution in [2.45, 2.75) is 58.5 Å². The summed E-state index contributed by atoms with van der Waals surface area (Å²) in [4.78, 5) is 23.1. The van der Waals surface area contributed by atoms with Gasteiger partial charge in [-0.25, -0.2) is 4.79 Å². The number of aliphatic hydroxyl groups excluding tert-OH is 1. The van der Waals surface area contributed by atoms with Crippen molar-refractivity contribution in [3.8, 4) is 0 Å². The molecule has 0 aliphatic heterocycles. The Kier molecular flexibility index (Phi) is 16.1.